The van der Waals surface area contributed by atoms with Gasteiger partial charge in [0.25, 0.3) is 5.91 Å². The zero-order valence-electron chi connectivity index (χ0n) is 20.3. The van der Waals surface area contributed by atoms with E-state index >= 15 is 0 Å². The van der Waals surface area contributed by atoms with Crippen LogP contribution in [0.4, 0.5) is 5.82 Å². The number of thiazole rings is 1. The molecule has 192 valence electrons. The van der Waals surface area contributed by atoms with E-state index in [0.29, 0.717) is 61.8 Å². The fourth-order valence-electron chi connectivity index (χ4n) is 5.12. The Kier molecular flexibility index (Phi) is 6.27. The summed E-state index contributed by atoms with van der Waals surface area (Å²) in [5.74, 6) is -0.331. The van der Waals surface area contributed by atoms with E-state index in [1.807, 2.05) is 39.6 Å². The van der Waals surface area contributed by atoms with Crippen molar-refractivity contribution in [2.45, 2.75) is 6.42 Å². The molecule has 2 fully saturated rings. The number of anilines is 1. The molecule has 0 radical (unpaired) electrons. The van der Waals surface area contributed by atoms with Crippen molar-refractivity contribution in [3.63, 3.8) is 0 Å². The van der Waals surface area contributed by atoms with E-state index in [4.69, 9.17) is 14.8 Å². The number of nitrogens with zero attached hydrogens (tertiary/aromatic N) is 5. The molecule has 0 spiro atoms. The molecule has 0 unspecified atom stereocenters. The number of rotatable bonds is 5. The number of morpholine rings is 1. The molecular weight excluding hydrogens is 494 g/mol. The number of ether oxygens (including phenoxy) is 1. The van der Waals surface area contributed by atoms with Crippen LogP contribution in [0.5, 0.6) is 0 Å². The predicted molar refractivity (Wildman–Crippen MR) is 142 cm³/mol. The first kappa shape index (κ1) is 23.8. The molecule has 0 atom stereocenters. The summed E-state index contributed by atoms with van der Waals surface area (Å²) in [6.07, 6.45) is 0.0712. The second kappa shape index (κ2) is 9.73. The monoisotopic (exact) mass is 521 g/mol. The number of amides is 1. The minimum atomic E-state index is -0.833. The second-order valence-corrected chi connectivity index (χ2v) is 10.4. The zero-order chi connectivity index (χ0) is 25.5. The quantitative estimate of drug-likeness (QED) is 0.426. The van der Waals surface area contributed by atoms with Crippen molar-refractivity contribution >= 4 is 55.1 Å². The van der Waals surface area contributed by atoms with Gasteiger partial charge >= 0.3 is 5.97 Å². The van der Waals surface area contributed by atoms with E-state index in [1.54, 1.807) is 11.0 Å². The molecule has 0 bridgehead atoms. The third kappa shape index (κ3) is 4.32. The summed E-state index contributed by atoms with van der Waals surface area (Å²) in [5, 5.41) is 9.38. The third-order valence-corrected chi connectivity index (χ3v) is 8.27. The SMILES string of the molecule is O=C(O)CCN1CCN(C(=O)c2c(=O)c3ccc(N4CCOCC4)nc3n3c2sc2ccccc23)CC1. The average Bonchev–Trinajstić information content (AvgIpc) is 3.31. The number of carboxylic acids is 1. The molecule has 1 N–H and O–H groups in total. The maximum atomic E-state index is 13.8. The summed E-state index contributed by atoms with van der Waals surface area (Å²) in [4.78, 5) is 50.0. The van der Waals surface area contributed by atoms with Crippen LogP contribution in [0.2, 0.25) is 0 Å². The van der Waals surface area contributed by atoms with Gasteiger partial charge in [-0.1, -0.05) is 12.1 Å². The van der Waals surface area contributed by atoms with Crippen LogP contribution in [0, 0.1) is 0 Å². The van der Waals surface area contributed by atoms with Gasteiger partial charge in [0.05, 0.1) is 35.2 Å². The number of piperazine rings is 1. The number of hydrogen-bond acceptors (Lipinski definition) is 8. The number of para-hydroxylation sites is 1. The molecule has 11 heteroatoms. The lowest BCUT2D eigenvalue weighted by molar-refractivity contribution is -0.137. The second-order valence-electron chi connectivity index (χ2n) is 9.33. The van der Waals surface area contributed by atoms with Crippen LogP contribution in [0.3, 0.4) is 0 Å². The number of carbonyl (C=O) groups excluding carboxylic acids is 1. The lowest BCUT2D eigenvalue weighted by Crippen LogP contribution is -2.49. The Morgan fingerprint density at radius 2 is 1.76 bits per heavy atom. The van der Waals surface area contributed by atoms with Crippen molar-refractivity contribution < 1.29 is 19.4 Å². The number of carbonyl (C=O) groups is 2. The number of hydrogen-bond donors (Lipinski definition) is 1. The highest BCUT2D eigenvalue weighted by Gasteiger charge is 2.29. The van der Waals surface area contributed by atoms with Crippen LogP contribution in [-0.4, -0.2) is 95.2 Å². The van der Waals surface area contributed by atoms with Crippen LogP contribution in [0.1, 0.15) is 16.8 Å². The fourth-order valence-corrected chi connectivity index (χ4v) is 6.30. The molecule has 1 aromatic carbocycles. The first-order valence-corrected chi connectivity index (χ1v) is 13.3. The van der Waals surface area contributed by atoms with Gasteiger partial charge in [-0.25, -0.2) is 4.98 Å². The number of carboxylic acid groups (broad SMARTS) is 1. The molecule has 1 amide bonds. The summed E-state index contributed by atoms with van der Waals surface area (Å²) < 4.78 is 8.41. The van der Waals surface area contributed by atoms with E-state index in [2.05, 4.69) is 4.90 Å². The van der Waals surface area contributed by atoms with E-state index in [1.165, 1.54) is 11.3 Å². The molecule has 37 heavy (non-hydrogen) atoms. The molecule has 2 saturated heterocycles. The molecule has 2 aliphatic heterocycles. The molecule has 3 aromatic heterocycles. The van der Waals surface area contributed by atoms with Gasteiger partial charge in [0.15, 0.2) is 5.65 Å². The minimum absolute atomic E-state index is 0.0712. The highest BCUT2D eigenvalue weighted by molar-refractivity contribution is 7.24. The van der Waals surface area contributed by atoms with Crippen molar-refractivity contribution in [1.29, 1.82) is 0 Å². The Balaban J connectivity index is 1.44. The lowest BCUT2D eigenvalue weighted by Gasteiger charge is -2.34. The minimum Gasteiger partial charge on any atom is -0.481 e. The van der Waals surface area contributed by atoms with Crippen LogP contribution in [0.15, 0.2) is 41.2 Å². The molecule has 10 nitrogen and oxygen atoms in total. The normalized spacial score (nSPS) is 17.2. The molecule has 2 aliphatic rings. The maximum absolute atomic E-state index is 13.8. The van der Waals surface area contributed by atoms with E-state index in [9.17, 15) is 14.4 Å². The molecular formula is C26H27N5O5S. The van der Waals surface area contributed by atoms with Crippen LogP contribution < -0.4 is 10.3 Å². The van der Waals surface area contributed by atoms with E-state index in [0.717, 1.165) is 29.1 Å². The number of fused-ring (bicyclic) bond motifs is 5. The van der Waals surface area contributed by atoms with Gasteiger partial charge in [-0.05, 0) is 24.3 Å². The average molecular weight is 522 g/mol. The Labute approximate surface area is 216 Å². The molecule has 4 aromatic rings. The Bertz CT molecular complexity index is 1570. The van der Waals surface area contributed by atoms with Crippen LogP contribution in [-0.2, 0) is 9.53 Å². The Morgan fingerprint density at radius 3 is 2.51 bits per heavy atom. The van der Waals surface area contributed by atoms with Gasteiger partial charge < -0.3 is 19.6 Å². The number of pyridine rings is 2. The largest absolute Gasteiger partial charge is 0.481 e. The number of benzene rings is 1. The highest BCUT2D eigenvalue weighted by atomic mass is 32.1. The van der Waals surface area contributed by atoms with Crippen molar-refractivity contribution in [2.24, 2.45) is 0 Å². The molecule has 6 rings (SSSR count). The fraction of sp³-hybridized carbons (Fsp3) is 0.385. The number of aromatic nitrogens is 2. The van der Waals surface area contributed by atoms with Gasteiger partial charge in [-0.2, -0.15) is 0 Å². The predicted octanol–water partition coefficient (Wildman–Crippen LogP) is 2.13. The van der Waals surface area contributed by atoms with Gasteiger partial charge in [0.2, 0.25) is 5.43 Å². The summed E-state index contributed by atoms with van der Waals surface area (Å²) in [6.45, 7) is 5.23. The van der Waals surface area contributed by atoms with Crippen molar-refractivity contribution in [2.75, 3.05) is 63.9 Å². The highest BCUT2D eigenvalue weighted by Crippen LogP contribution is 2.32. The first-order valence-electron chi connectivity index (χ1n) is 12.4. The third-order valence-electron chi connectivity index (χ3n) is 7.12. The first-order chi connectivity index (χ1) is 18.0. The van der Waals surface area contributed by atoms with Crippen molar-refractivity contribution in [3.05, 3.63) is 52.2 Å². The zero-order valence-corrected chi connectivity index (χ0v) is 21.1. The van der Waals surface area contributed by atoms with Gasteiger partial charge in [0, 0.05) is 45.8 Å². The van der Waals surface area contributed by atoms with E-state index in [-0.39, 0.29) is 23.3 Å². The molecule has 0 saturated carbocycles. The van der Waals surface area contributed by atoms with Crippen LogP contribution >= 0.6 is 11.3 Å². The van der Waals surface area contributed by atoms with Gasteiger partial charge in [-0.15, -0.1) is 11.3 Å². The Hall–Kier alpha value is -3.54. The van der Waals surface area contributed by atoms with Crippen molar-refractivity contribution in [1.82, 2.24) is 19.2 Å². The summed E-state index contributed by atoms with van der Waals surface area (Å²) in [7, 11) is 0. The van der Waals surface area contributed by atoms with Crippen molar-refractivity contribution in [3.8, 4) is 0 Å². The maximum Gasteiger partial charge on any atom is 0.304 e. The van der Waals surface area contributed by atoms with Crippen LogP contribution in [0.25, 0.3) is 26.1 Å². The summed E-state index contributed by atoms with van der Waals surface area (Å²) in [6, 6.07) is 11.5. The smallest absolute Gasteiger partial charge is 0.304 e. The lowest BCUT2D eigenvalue weighted by atomic mass is 10.1. The van der Waals surface area contributed by atoms with E-state index < -0.39 is 5.97 Å². The summed E-state index contributed by atoms with van der Waals surface area (Å²) >= 11 is 1.43. The Morgan fingerprint density at radius 1 is 1.00 bits per heavy atom. The topological polar surface area (TPSA) is 108 Å². The molecule has 5 heterocycles. The number of aliphatic carboxylic acids is 1. The molecule has 0 aliphatic carbocycles. The van der Waals surface area contributed by atoms with Gasteiger partial charge in [-0.3, -0.25) is 23.7 Å². The van der Waals surface area contributed by atoms with Gasteiger partial charge in [0.1, 0.15) is 16.2 Å². The standard InChI is InChI=1S/C26H27N5O5S/c32-21(33)7-8-28-9-11-30(12-10-28)25(35)22-23(34)17-5-6-20(29-13-15-36-16-14-29)27-24(17)31-18-3-1-2-4-19(18)37-26(22)31/h1-6H,7-16H2,(H,32,33). The summed E-state index contributed by atoms with van der Waals surface area (Å²) in [5.41, 5.74) is 1.33.